The lowest BCUT2D eigenvalue weighted by Gasteiger charge is -2.27. The first-order valence-corrected chi connectivity index (χ1v) is 6.61. The molecule has 0 saturated carbocycles. The van der Waals surface area contributed by atoms with Crippen molar-refractivity contribution in [2.45, 2.75) is 12.6 Å². The van der Waals surface area contributed by atoms with Crippen LogP contribution in [-0.2, 0) is 13.6 Å². The molecule has 1 aromatic carbocycles. The zero-order valence-corrected chi connectivity index (χ0v) is 12.0. The largest absolute Gasteiger partial charge is 0.329 e. The normalized spacial score (nSPS) is 12.9. The Kier molecular flexibility index (Phi) is 4.58. The Labute approximate surface area is 118 Å². The number of rotatable bonds is 5. The molecule has 19 heavy (non-hydrogen) atoms. The minimum Gasteiger partial charge on any atom is -0.329 e. The first-order valence-electron chi connectivity index (χ1n) is 6.23. The van der Waals surface area contributed by atoms with Crippen molar-refractivity contribution in [3.8, 4) is 0 Å². The Balaban J connectivity index is 2.12. The molecule has 0 amide bonds. The maximum absolute atomic E-state index is 6.04. The standard InChI is InChI=1S/C14H19ClN4/c1-18(9-11-8-17-19(2)10-11)14(7-16)12-4-3-5-13(15)6-12/h3-6,8,10,14H,7,9,16H2,1-2H3. The number of hydrogen-bond donors (Lipinski definition) is 1. The fourth-order valence-corrected chi connectivity index (χ4v) is 2.43. The van der Waals surface area contributed by atoms with Crippen molar-refractivity contribution >= 4 is 11.6 Å². The predicted octanol–water partition coefficient (Wildman–Crippen LogP) is 2.21. The van der Waals surface area contributed by atoms with Crippen LogP contribution >= 0.6 is 11.6 Å². The summed E-state index contributed by atoms with van der Waals surface area (Å²) >= 11 is 6.04. The summed E-state index contributed by atoms with van der Waals surface area (Å²) in [6.07, 6.45) is 3.89. The molecule has 5 heteroatoms. The molecular formula is C14H19ClN4. The van der Waals surface area contributed by atoms with Crippen LogP contribution in [0.15, 0.2) is 36.7 Å². The van der Waals surface area contributed by atoms with Crippen molar-refractivity contribution in [1.82, 2.24) is 14.7 Å². The van der Waals surface area contributed by atoms with Crippen LogP contribution in [-0.4, -0.2) is 28.3 Å². The second kappa shape index (κ2) is 6.19. The number of likely N-dealkylation sites (N-methyl/N-ethyl adjacent to an activating group) is 1. The van der Waals surface area contributed by atoms with E-state index in [1.165, 1.54) is 5.56 Å². The minimum absolute atomic E-state index is 0.152. The van der Waals surface area contributed by atoms with Crippen LogP contribution < -0.4 is 5.73 Å². The third-order valence-corrected chi connectivity index (χ3v) is 3.41. The van der Waals surface area contributed by atoms with E-state index in [1.807, 2.05) is 37.6 Å². The number of benzene rings is 1. The summed E-state index contributed by atoms with van der Waals surface area (Å²) in [6, 6.07) is 8.01. The third kappa shape index (κ3) is 3.56. The van der Waals surface area contributed by atoms with E-state index in [9.17, 15) is 0 Å². The highest BCUT2D eigenvalue weighted by molar-refractivity contribution is 6.30. The zero-order valence-electron chi connectivity index (χ0n) is 11.3. The number of halogens is 1. The molecule has 1 heterocycles. The van der Waals surface area contributed by atoms with E-state index in [4.69, 9.17) is 17.3 Å². The molecule has 0 aliphatic carbocycles. The van der Waals surface area contributed by atoms with Gasteiger partial charge in [0.2, 0.25) is 0 Å². The summed E-state index contributed by atoms with van der Waals surface area (Å²) in [5, 5.41) is 4.92. The van der Waals surface area contributed by atoms with Crippen LogP contribution in [0.1, 0.15) is 17.2 Å². The van der Waals surface area contributed by atoms with E-state index < -0.39 is 0 Å². The molecule has 2 rings (SSSR count). The molecule has 0 radical (unpaired) electrons. The molecule has 1 aromatic heterocycles. The van der Waals surface area contributed by atoms with Crippen LogP contribution in [0.3, 0.4) is 0 Å². The van der Waals surface area contributed by atoms with Gasteiger partial charge >= 0.3 is 0 Å². The van der Waals surface area contributed by atoms with Crippen molar-refractivity contribution in [1.29, 1.82) is 0 Å². The van der Waals surface area contributed by atoms with E-state index in [-0.39, 0.29) is 6.04 Å². The van der Waals surface area contributed by atoms with Crippen molar-refractivity contribution in [3.63, 3.8) is 0 Å². The Morgan fingerprint density at radius 1 is 1.47 bits per heavy atom. The lowest BCUT2D eigenvalue weighted by molar-refractivity contribution is 0.242. The van der Waals surface area contributed by atoms with E-state index in [0.29, 0.717) is 6.54 Å². The minimum atomic E-state index is 0.152. The van der Waals surface area contributed by atoms with Crippen molar-refractivity contribution in [3.05, 3.63) is 52.8 Å². The number of nitrogens with two attached hydrogens (primary N) is 1. The summed E-state index contributed by atoms with van der Waals surface area (Å²) in [5.74, 6) is 0. The van der Waals surface area contributed by atoms with Gasteiger partial charge in [-0.1, -0.05) is 23.7 Å². The van der Waals surface area contributed by atoms with E-state index >= 15 is 0 Å². The molecule has 2 aromatic rings. The quantitative estimate of drug-likeness (QED) is 0.912. The van der Waals surface area contributed by atoms with Gasteiger partial charge < -0.3 is 5.73 Å². The average molecular weight is 279 g/mol. The summed E-state index contributed by atoms with van der Waals surface area (Å²) in [6.45, 7) is 1.36. The second-order valence-electron chi connectivity index (χ2n) is 4.74. The second-order valence-corrected chi connectivity index (χ2v) is 5.18. The Morgan fingerprint density at radius 2 is 2.26 bits per heavy atom. The molecule has 0 fully saturated rings. The Morgan fingerprint density at radius 3 is 2.84 bits per heavy atom. The highest BCUT2D eigenvalue weighted by Gasteiger charge is 2.16. The molecule has 0 bridgehead atoms. The Hall–Kier alpha value is -1.36. The van der Waals surface area contributed by atoms with E-state index in [2.05, 4.69) is 23.1 Å². The van der Waals surface area contributed by atoms with Gasteiger partial charge in [-0.3, -0.25) is 9.58 Å². The number of hydrogen-bond acceptors (Lipinski definition) is 3. The summed E-state index contributed by atoms with van der Waals surface area (Å²) in [7, 11) is 3.98. The maximum Gasteiger partial charge on any atom is 0.0534 e. The highest BCUT2D eigenvalue weighted by Crippen LogP contribution is 2.22. The smallest absolute Gasteiger partial charge is 0.0534 e. The summed E-state index contributed by atoms with van der Waals surface area (Å²) in [4.78, 5) is 2.21. The van der Waals surface area contributed by atoms with Crippen LogP contribution in [0.2, 0.25) is 5.02 Å². The number of nitrogens with zero attached hydrogens (tertiary/aromatic N) is 3. The molecule has 1 atom stereocenters. The van der Waals surface area contributed by atoms with Gasteiger partial charge in [0, 0.05) is 43.0 Å². The lowest BCUT2D eigenvalue weighted by Crippen LogP contribution is -2.30. The van der Waals surface area contributed by atoms with Gasteiger partial charge in [-0.05, 0) is 24.7 Å². The van der Waals surface area contributed by atoms with Crippen LogP contribution in [0.5, 0.6) is 0 Å². The number of aromatic nitrogens is 2. The van der Waals surface area contributed by atoms with Crippen molar-refractivity contribution in [2.75, 3.05) is 13.6 Å². The molecular weight excluding hydrogens is 260 g/mol. The van der Waals surface area contributed by atoms with Crippen LogP contribution in [0.4, 0.5) is 0 Å². The molecule has 1 unspecified atom stereocenters. The van der Waals surface area contributed by atoms with Gasteiger partial charge in [-0.2, -0.15) is 5.10 Å². The van der Waals surface area contributed by atoms with Gasteiger partial charge in [0.05, 0.1) is 6.20 Å². The lowest BCUT2D eigenvalue weighted by atomic mass is 10.1. The monoisotopic (exact) mass is 278 g/mol. The summed E-state index contributed by atoms with van der Waals surface area (Å²) in [5.41, 5.74) is 8.22. The van der Waals surface area contributed by atoms with E-state index in [1.54, 1.807) is 4.68 Å². The maximum atomic E-state index is 6.04. The molecule has 0 saturated heterocycles. The van der Waals surface area contributed by atoms with Gasteiger partial charge in [0.15, 0.2) is 0 Å². The molecule has 0 aliphatic rings. The van der Waals surface area contributed by atoms with E-state index in [0.717, 1.165) is 17.1 Å². The Bertz CT molecular complexity index is 538. The van der Waals surface area contributed by atoms with Gasteiger partial charge in [0.1, 0.15) is 0 Å². The zero-order chi connectivity index (χ0) is 13.8. The average Bonchev–Trinajstić information content (AvgIpc) is 2.75. The van der Waals surface area contributed by atoms with Crippen LogP contribution in [0, 0.1) is 0 Å². The van der Waals surface area contributed by atoms with Gasteiger partial charge in [0.25, 0.3) is 0 Å². The third-order valence-electron chi connectivity index (χ3n) is 3.18. The summed E-state index contributed by atoms with van der Waals surface area (Å²) < 4.78 is 1.81. The number of aryl methyl sites for hydroxylation is 1. The predicted molar refractivity (Wildman–Crippen MR) is 77.9 cm³/mol. The SMILES string of the molecule is CN(Cc1cnn(C)c1)C(CN)c1cccc(Cl)c1. The fraction of sp³-hybridized carbons (Fsp3) is 0.357. The van der Waals surface area contributed by atoms with Gasteiger partial charge in [-0.15, -0.1) is 0 Å². The molecule has 102 valence electrons. The van der Waals surface area contributed by atoms with Crippen LogP contribution in [0.25, 0.3) is 0 Å². The molecule has 2 N–H and O–H groups in total. The van der Waals surface area contributed by atoms with Crippen molar-refractivity contribution in [2.24, 2.45) is 12.8 Å². The molecule has 0 aliphatic heterocycles. The molecule has 4 nitrogen and oxygen atoms in total. The van der Waals surface area contributed by atoms with Gasteiger partial charge in [-0.25, -0.2) is 0 Å². The highest BCUT2D eigenvalue weighted by atomic mass is 35.5. The van der Waals surface area contributed by atoms with Crippen molar-refractivity contribution < 1.29 is 0 Å². The fourth-order valence-electron chi connectivity index (χ4n) is 2.24. The first-order chi connectivity index (χ1) is 9.10. The first kappa shape index (κ1) is 14.1. The topological polar surface area (TPSA) is 47.1 Å². The molecule has 0 spiro atoms.